The van der Waals surface area contributed by atoms with Crippen LogP contribution in [-0.2, 0) is 0 Å². The van der Waals surface area contributed by atoms with Gasteiger partial charge in [0.2, 0.25) is 0 Å². The molecule has 70 valence electrons. The minimum Gasteiger partial charge on any atom is -0.274 e. The lowest BCUT2D eigenvalue weighted by atomic mass is 9.85. The summed E-state index contributed by atoms with van der Waals surface area (Å²) < 4.78 is 2.17. The van der Waals surface area contributed by atoms with Crippen LogP contribution in [0.15, 0.2) is 48.9 Å². The Morgan fingerprint density at radius 2 is 2.07 bits per heavy atom. The van der Waals surface area contributed by atoms with Crippen molar-refractivity contribution in [1.29, 1.82) is 0 Å². The van der Waals surface area contributed by atoms with Gasteiger partial charge in [0.1, 0.15) is 6.54 Å². The summed E-state index contributed by atoms with van der Waals surface area (Å²) in [6, 6.07) is 0. The first-order chi connectivity index (χ1) is 6.95. The van der Waals surface area contributed by atoms with E-state index in [0.29, 0.717) is 11.8 Å². The van der Waals surface area contributed by atoms with E-state index < -0.39 is 0 Å². The zero-order chi connectivity index (χ0) is 9.38. The van der Waals surface area contributed by atoms with Crippen LogP contribution in [-0.4, -0.2) is 17.0 Å². The number of hydrogen-bond acceptors (Lipinski definition) is 1. The summed E-state index contributed by atoms with van der Waals surface area (Å²) in [5, 5.41) is 3.44. The number of fused-ring (bicyclic) bond motifs is 2. The number of nitrogens with zero attached hydrogens (tertiary/aromatic N) is 1. The van der Waals surface area contributed by atoms with Gasteiger partial charge in [-0.05, 0) is 12.2 Å². The second-order valence-corrected chi connectivity index (χ2v) is 3.77. The van der Waals surface area contributed by atoms with E-state index in [2.05, 4.69) is 58.7 Å². The van der Waals surface area contributed by atoms with E-state index in [1.54, 1.807) is 0 Å². The Balaban J connectivity index is 2.04. The Morgan fingerprint density at radius 1 is 1.14 bits per heavy atom. The molecule has 0 spiro atoms. The average molecular weight is 185 g/mol. The number of rotatable bonds is 0. The number of nitrogens with one attached hydrogen (secondary N) is 1. The standard InChI is InChI=1S/C12H12N2/c1-2-5-11-10(4-1)6-9-14-8-3-7-13-12(11)14/h1-6,8-11H,7H2/p+1. The monoisotopic (exact) mass is 185 g/mol. The molecule has 0 aromatic carbocycles. The fraction of sp³-hybridized carbons (Fsp3) is 0.250. The van der Waals surface area contributed by atoms with Crippen molar-refractivity contribution in [1.82, 2.24) is 5.32 Å². The molecule has 2 atom stereocenters. The minimum atomic E-state index is 0.495. The molecule has 1 N–H and O–H groups in total. The lowest BCUT2D eigenvalue weighted by Crippen LogP contribution is -2.42. The van der Waals surface area contributed by atoms with Crippen molar-refractivity contribution in [3.05, 3.63) is 48.9 Å². The summed E-state index contributed by atoms with van der Waals surface area (Å²) in [5.74, 6) is 2.33. The quantitative estimate of drug-likeness (QED) is 0.564. The molecule has 1 aliphatic carbocycles. The smallest absolute Gasteiger partial charge is 0.262 e. The molecule has 0 aromatic rings. The van der Waals surface area contributed by atoms with E-state index in [1.807, 2.05) is 0 Å². The Labute approximate surface area is 83.6 Å². The van der Waals surface area contributed by atoms with Crippen molar-refractivity contribution in [2.24, 2.45) is 11.8 Å². The van der Waals surface area contributed by atoms with Crippen LogP contribution in [0.1, 0.15) is 0 Å². The third-order valence-electron chi connectivity index (χ3n) is 2.91. The van der Waals surface area contributed by atoms with Gasteiger partial charge in [-0.3, -0.25) is 5.32 Å². The van der Waals surface area contributed by atoms with Crippen LogP contribution >= 0.6 is 0 Å². The topological polar surface area (TPSA) is 15.0 Å². The fourth-order valence-corrected chi connectivity index (χ4v) is 2.20. The summed E-state index contributed by atoms with van der Waals surface area (Å²) in [6.07, 6.45) is 17.4. The minimum absolute atomic E-state index is 0.495. The number of hydrogen-bond donors (Lipinski definition) is 1. The predicted octanol–water partition coefficient (Wildman–Crippen LogP) is 1.40. The summed E-state index contributed by atoms with van der Waals surface area (Å²) >= 11 is 0. The molecule has 2 nitrogen and oxygen atoms in total. The van der Waals surface area contributed by atoms with E-state index >= 15 is 0 Å². The summed E-state index contributed by atoms with van der Waals surface area (Å²) in [4.78, 5) is 0. The van der Waals surface area contributed by atoms with Crippen LogP contribution < -0.4 is 5.32 Å². The largest absolute Gasteiger partial charge is 0.274 e. The molecule has 2 unspecified atom stereocenters. The highest BCUT2D eigenvalue weighted by Crippen LogP contribution is 2.25. The first-order valence-corrected chi connectivity index (χ1v) is 5.04. The van der Waals surface area contributed by atoms with E-state index in [4.69, 9.17) is 0 Å². The Morgan fingerprint density at radius 3 is 3.07 bits per heavy atom. The van der Waals surface area contributed by atoms with Gasteiger partial charge in [0, 0.05) is 5.92 Å². The molecule has 2 aliphatic heterocycles. The molecule has 0 bridgehead atoms. The fourth-order valence-electron chi connectivity index (χ4n) is 2.20. The molecular formula is C12H13N2+. The van der Waals surface area contributed by atoms with E-state index in [1.165, 1.54) is 5.84 Å². The van der Waals surface area contributed by atoms with Gasteiger partial charge in [-0.2, -0.15) is 0 Å². The highest BCUT2D eigenvalue weighted by Gasteiger charge is 2.32. The maximum absolute atomic E-state index is 3.44. The van der Waals surface area contributed by atoms with Gasteiger partial charge < -0.3 is 0 Å². The first kappa shape index (κ1) is 7.80. The first-order valence-electron chi connectivity index (χ1n) is 5.04. The average Bonchev–Trinajstić information content (AvgIpc) is 2.29. The normalized spacial score (nSPS) is 32.6. The maximum atomic E-state index is 3.44. The van der Waals surface area contributed by atoms with Crippen LogP contribution in [0.3, 0.4) is 0 Å². The molecule has 0 aromatic heterocycles. The Kier molecular flexibility index (Phi) is 1.66. The highest BCUT2D eigenvalue weighted by atomic mass is 15.1. The second kappa shape index (κ2) is 2.98. The molecular weight excluding hydrogens is 172 g/mol. The van der Waals surface area contributed by atoms with Crippen LogP contribution in [0.5, 0.6) is 0 Å². The van der Waals surface area contributed by atoms with Crippen LogP contribution in [0.2, 0.25) is 0 Å². The van der Waals surface area contributed by atoms with Crippen molar-refractivity contribution in [3.8, 4) is 0 Å². The van der Waals surface area contributed by atoms with Crippen LogP contribution in [0.25, 0.3) is 0 Å². The number of allylic oxidation sites excluding steroid dienone is 4. The van der Waals surface area contributed by atoms with Crippen molar-refractivity contribution in [2.45, 2.75) is 0 Å². The van der Waals surface area contributed by atoms with Gasteiger partial charge in [-0.1, -0.05) is 24.3 Å². The predicted molar refractivity (Wildman–Crippen MR) is 56.8 cm³/mol. The van der Waals surface area contributed by atoms with Gasteiger partial charge in [0.25, 0.3) is 5.84 Å². The number of amidine groups is 1. The summed E-state index contributed by atoms with van der Waals surface area (Å²) in [7, 11) is 0. The molecule has 0 fully saturated rings. The third kappa shape index (κ3) is 1.07. The maximum Gasteiger partial charge on any atom is 0.262 e. The van der Waals surface area contributed by atoms with Gasteiger partial charge >= 0.3 is 0 Å². The highest BCUT2D eigenvalue weighted by molar-refractivity contribution is 5.84. The van der Waals surface area contributed by atoms with Gasteiger partial charge in [-0.25, -0.2) is 4.58 Å². The van der Waals surface area contributed by atoms with E-state index in [0.717, 1.165) is 6.54 Å². The molecule has 0 saturated heterocycles. The molecule has 2 heterocycles. The molecule has 3 aliphatic rings. The summed E-state index contributed by atoms with van der Waals surface area (Å²) in [6.45, 7) is 0.945. The van der Waals surface area contributed by atoms with Gasteiger partial charge in [0.05, 0.1) is 18.3 Å². The lowest BCUT2D eigenvalue weighted by molar-refractivity contribution is -0.389. The molecule has 3 rings (SSSR count). The van der Waals surface area contributed by atoms with Gasteiger partial charge in [0.15, 0.2) is 0 Å². The second-order valence-electron chi connectivity index (χ2n) is 3.77. The summed E-state index contributed by atoms with van der Waals surface area (Å²) in [5.41, 5.74) is 0. The SMILES string of the molecule is C1=CC2C=C[N+]3=C(NCC=C3)C2C=C1. The van der Waals surface area contributed by atoms with Crippen LogP contribution in [0.4, 0.5) is 0 Å². The zero-order valence-electron chi connectivity index (χ0n) is 7.93. The molecule has 2 heteroatoms. The molecule has 0 radical (unpaired) electrons. The van der Waals surface area contributed by atoms with Crippen LogP contribution in [0, 0.1) is 11.8 Å². The van der Waals surface area contributed by atoms with E-state index in [9.17, 15) is 0 Å². The van der Waals surface area contributed by atoms with Gasteiger partial charge in [-0.15, -0.1) is 0 Å². The lowest BCUT2D eigenvalue weighted by Gasteiger charge is -2.25. The zero-order valence-corrected chi connectivity index (χ0v) is 7.93. The molecule has 0 amide bonds. The van der Waals surface area contributed by atoms with Crippen molar-refractivity contribution in [2.75, 3.05) is 6.54 Å². The molecule has 0 saturated carbocycles. The Bertz CT molecular complexity index is 397. The third-order valence-corrected chi connectivity index (χ3v) is 2.91. The van der Waals surface area contributed by atoms with E-state index in [-0.39, 0.29) is 0 Å². The van der Waals surface area contributed by atoms with Crippen molar-refractivity contribution < 1.29 is 4.58 Å². The Hall–Kier alpha value is -1.57. The van der Waals surface area contributed by atoms with Crippen molar-refractivity contribution >= 4 is 5.84 Å². The van der Waals surface area contributed by atoms with Crippen molar-refractivity contribution in [3.63, 3.8) is 0 Å². The molecule has 14 heavy (non-hydrogen) atoms.